The van der Waals surface area contributed by atoms with Gasteiger partial charge in [-0.2, -0.15) is 0 Å². The summed E-state index contributed by atoms with van der Waals surface area (Å²) in [7, 11) is 0. The highest BCUT2D eigenvalue weighted by Crippen LogP contribution is 2.15. The Labute approximate surface area is 153 Å². The van der Waals surface area contributed by atoms with Crippen LogP contribution in [0.4, 0.5) is 0 Å². The molecule has 0 bridgehead atoms. The fourth-order valence-corrected chi connectivity index (χ4v) is 2.74. The fraction of sp³-hybridized carbons (Fsp3) is 0.333. The molecule has 5 nitrogen and oxygen atoms in total. The van der Waals surface area contributed by atoms with Gasteiger partial charge in [-0.05, 0) is 36.2 Å². The summed E-state index contributed by atoms with van der Waals surface area (Å²) in [4.78, 5) is 16.3. The van der Waals surface area contributed by atoms with Crippen molar-refractivity contribution in [3.63, 3.8) is 0 Å². The molecule has 0 aliphatic heterocycles. The maximum Gasteiger partial charge on any atom is 0.220 e. The quantitative estimate of drug-likeness (QED) is 0.593. The summed E-state index contributed by atoms with van der Waals surface area (Å²) >= 11 is 0. The fourth-order valence-electron chi connectivity index (χ4n) is 2.74. The molecular weight excluding hydrogens is 328 g/mol. The molecule has 0 atom stereocenters. The van der Waals surface area contributed by atoms with Crippen molar-refractivity contribution in [1.29, 1.82) is 0 Å². The van der Waals surface area contributed by atoms with Gasteiger partial charge in [0.05, 0.1) is 6.54 Å². The van der Waals surface area contributed by atoms with Gasteiger partial charge in [0.25, 0.3) is 0 Å². The molecule has 0 spiro atoms. The summed E-state index contributed by atoms with van der Waals surface area (Å²) in [6.07, 6.45) is 3.05. The highest BCUT2D eigenvalue weighted by Gasteiger charge is 2.08. The number of oxazole rings is 1. The molecule has 1 N–H and O–H groups in total. The van der Waals surface area contributed by atoms with E-state index in [-0.39, 0.29) is 5.91 Å². The molecule has 5 heteroatoms. The maximum atomic E-state index is 11.9. The van der Waals surface area contributed by atoms with Gasteiger partial charge in [-0.1, -0.05) is 37.6 Å². The molecule has 1 aromatic heterocycles. The first-order valence-corrected chi connectivity index (χ1v) is 9.07. The summed E-state index contributed by atoms with van der Waals surface area (Å²) < 4.78 is 11.3. The van der Waals surface area contributed by atoms with Crippen LogP contribution in [0.1, 0.15) is 31.2 Å². The molecule has 0 saturated carbocycles. The lowest BCUT2D eigenvalue weighted by Crippen LogP contribution is -2.28. The highest BCUT2D eigenvalue weighted by molar-refractivity contribution is 5.76. The van der Waals surface area contributed by atoms with Gasteiger partial charge in [0.2, 0.25) is 5.91 Å². The van der Waals surface area contributed by atoms with Crippen molar-refractivity contribution in [2.24, 2.45) is 0 Å². The number of carbonyl (C=O) groups is 1. The lowest BCUT2D eigenvalue weighted by molar-refractivity contribution is -0.121. The third kappa shape index (κ3) is 5.09. The number of ether oxygens (including phenoxy) is 1. The number of amides is 1. The number of aryl methyl sites for hydroxylation is 2. The highest BCUT2D eigenvalue weighted by atomic mass is 16.5. The summed E-state index contributed by atoms with van der Waals surface area (Å²) in [5, 5.41) is 2.86. The van der Waals surface area contributed by atoms with E-state index in [4.69, 9.17) is 9.15 Å². The second kappa shape index (κ2) is 9.04. The van der Waals surface area contributed by atoms with Crippen molar-refractivity contribution in [3.05, 3.63) is 60.0 Å². The Morgan fingerprint density at radius 2 is 1.92 bits per heavy atom. The van der Waals surface area contributed by atoms with E-state index in [0.29, 0.717) is 31.9 Å². The number of para-hydroxylation sites is 2. The van der Waals surface area contributed by atoms with Gasteiger partial charge in [0, 0.05) is 12.8 Å². The van der Waals surface area contributed by atoms with Gasteiger partial charge in [-0.3, -0.25) is 4.79 Å². The minimum absolute atomic E-state index is 0.0332. The SMILES string of the molecule is CCCc1ccc(OCCNC(=O)CCc2nc3ccccc3o2)cc1. The van der Waals surface area contributed by atoms with Crippen LogP contribution in [0.3, 0.4) is 0 Å². The first-order valence-electron chi connectivity index (χ1n) is 9.07. The van der Waals surface area contributed by atoms with Gasteiger partial charge >= 0.3 is 0 Å². The lowest BCUT2D eigenvalue weighted by atomic mass is 10.1. The summed E-state index contributed by atoms with van der Waals surface area (Å²) in [6.45, 7) is 3.09. The van der Waals surface area contributed by atoms with E-state index in [9.17, 15) is 4.79 Å². The molecule has 0 aliphatic rings. The van der Waals surface area contributed by atoms with Crippen molar-refractivity contribution in [2.45, 2.75) is 32.6 Å². The molecular formula is C21H24N2O3. The van der Waals surface area contributed by atoms with Crippen molar-refractivity contribution in [2.75, 3.05) is 13.2 Å². The van der Waals surface area contributed by atoms with Crippen LogP contribution in [0.25, 0.3) is 11.1 Å². The monoisotopic (exact) mass is 352 g/mol. The van der Waals surface area contributed by atoms with E-state index in [0.717, 1.165) is 29.7 Å². The second-order valence-corrected chi connectivity index (χ2v) is 6.17. The number of carbonyl (C=O) groups excluding carboxylic acids is 1. The Balaban J connectivity index is 1.35. The van der Waals surface area contributed by atoms with Crippen LogP contribution in [-0.2, 0) is 17.6 Å². The van der Waals surface area contributed by atoms with Crippen LogP contribution in [-0.4, -0.2) is 24.0 Å². The zero-order valence-electron chi connectivity index (χ0n) is 15.0. The number of benzene rings is 2. The number of aromatic nitrogens is 1. The van der Waals surface area contributed by atoms with Crippen LogP contribution in [0.5, 0.6) is 5.75 Å². The van der Waals surface area contributed by atoms with E-state index in [1.54, 1.807) is 0 Å². The lowest BCUT2D eigenvalue weighted by Gasteiger charge is -2.08. The smallest absolute Gasteiger partial charge is 0.220 e. The number of hydrogen-bond acceptors (Lipinski definition) is 4. The normalized spacial score (nSPS) is 10.8. The van der Waals surface area contributed by atoms with Crippen molar-refractivity contribution < 1.29 is 13.9 Å². The minimum atomic E-state index is -0.0332. The van der Waals surface area contributed by atoms with Gasteiger partial charge in [0.15, 0.2) is 11.5 Å². The Morgan fingerprint density at radius 3 is 2.69 bits per heavy atom. The molecule has 0 unspecified atom stereocenters. The van der Waals surface area contributed by atoms with Gasteiger partial charge in [-0.15, -0.1) is 0 Å². The van der Waals surface area contributed by atoms with Crippen LogP contribution in [0.2, 0.25) is 0 Å². The van der Waals surface area contributed by atoms with Crippen molar-refractivity contribution in [3.8, 4) is 5.75 Å². The van der Waals surface area contributed by atoms with Crippen LogP contribution < -0.4 is 10.1 Å². The minimum Gasteiger partial charge on any atom is -0.492 e. The molecule has 1 amide bonds. The molecule has 0 aliphatic carbocycles. The average Bonchev–Trinajstić information content (AvgIpc) is 3.08. The van der Waals surface area contributed by atoms with Gasteiger partial charge in [0.1, 0.15) is 17.9 Å². The second-order valence-electron chi connectivity index (χ2n) is 6.17. The Hall–Kier alpha value is -2.82. The maximum absolute atomic E-state index is 11.9. The molecule has 0 saturated heterocycles. The molecule has 0 radical (unpaired) electrons. The molecule has 136 valence electrons. The van der Waals surface area contributed by atoms with E-state index >= 15 is 0 Å². The standard InChI is InChI=1S/C21H24N2O3/c1-2-5-16-8-10-17(11-9-16)25-15-14-22-20(24)12-13-21-23-18-6-3-4-7-19(18)26-21/h3-4,6-11H,2,5,12-15H2,1H3,(H,22,24). The molecule has 1 heterocycles. The summed E-state index contributed by atoms with van der Waals surface area (Å²) in [5.74, 6) is 1.38. The number of rotatable bonds is 9. The Kier molecular flexibility index (Phi) is 6.25. The van der Waals surface area contributed by atoms with Gasteiger partial charge < -0.3 is 14.5 Å². The van der Waals surface area contributed by atoms with E-state index < -0.39 is 0 Å². The molecule has 0 fully saturated rings. The summed E-state index contributed by atoms with van der Waals surface area (Å²) in [6, 6.07) is 15.7. The predicted octanol–water partition coefficient (Wildman–Crippen LogP) is 3.91. The Morgan fingerprint density at radius 1 is 1.12 bits per heavy atom. The number of fused-ring (bicyclic) bond motifs is 1. The van der Waals surface area contributed by atoms with Crippen LogP contribution >= 0.6 is 0 Å². The third-order valence-corrected chi connectivity index (χ3v) is 4.06. The van der Waals surface area contributed by atoms with E-state index in [1.807, 2.05) is 36.4 Å². The predicted molar refractivity (Wildman–Crippen MR) is 101 cm³/mol. The number of hydrogen-bond donors (Lipinski definition) is 1. The molecule has 26 heavy (non-hydrogen) atoms. The van der Waals surface area contributed by atoms with E-state index in [1.165, 1.54) is 5.56 Å². The first kappa shape index (κ1) is 18.0. The van der Waals surface area contributed by atoms with Crippen LogP contribution in [0.15, 0.2) is 52.9 Å². The largest absolute Gasteiger partial charge is 0.492 e. The van der Waals surface area contributed by atoms with Crippen molar-refractivity contribution in [1.82, 2.24) is 10.3 Å². The van der Waals surface area contributed by atoms with Crippen LogP contribution in [0, 0.1) is 0 Å². The number of nitrogens with one attached hydrogen (secondary N) is 1. The molecule has 3 aromatic rings. The van der Waals surface area contributed by atoms with E-state index in [2.05, 4.69) is 29.4 Å². The first-order chi connectivity index (χ1) is 12.7. The van der Waals surface area contributed by atoms with Crippen molar-refractivity contribution >= 4 is 17.0 Å². The number of nitrogens with zero attached hydrogens (tertiary/aromatic N) is 1. The summed E-state index contributed by atoms with van der Waals surface area (Å²) in [5.41, 5.74) is 2.88. The Bertz CT molecular complexity index is 807. The van der Waals surface area contributed by atoms with Gasteiger partial charge in [-0.25, -0.2) is 4.98 Å². The zero-order valence-corrected chi connectivity index (χ0v) is 15.0. The zero-order chi connectivity index (χ0) is 18.2. The molecule has 3 rings (SSSR count). The average molecular weight is 352 g/mol. The third-order valence-electron chi connectivity index (χ3n) is 4.06. The topological polar surface area (TPSA) is 64.4 Å². The molecule has 2 aromatic carbocycles.